The van der Waals surface area contributed by atoms with Crippen LogP contribution in [0.3, 0.4) is 0 Å². The first-order valence-electron chi connectivity index (χ1n) is 9.79. The van der Waals surface area contributed by atoms with Crippen molar-refractivity contribution in [1.29, 1.82) is 5.26 Å². The van der Waals surface area contributed by atoms with Crippen LogP contribution in [0.1, 0.15) is 47.3 Å². The maximum atomic E-state index is 13.4. The second-order valence-electron chi connectivity index (χ2n) is 8.34. The molecule has 1 saturated heterocycles. The summed E-state index contributed by atoms with van der Waals surface area (Å²) in [4.78, 5) is 22.8. The summed E-state index contributed by atoms with van der Waals surface area (Å²) >= 11 is 0. The second-order valence-corrected chi connectivity index (χ2v) is 8.34. The van der Waals surface area contributed by atoms with Crippen molar-refractivity contribution in [3.63, 3.8) is 0 Å². The minimum atomic E-state index is -0.00474. The molecule has 140 valence electrons. The van der Waals surface area contributed by atoms with Gasteiger partial charge in [0.2, 0.25) is 0 Å². The van der Waals surface area contributed by atoms with E-state index < -0.39 is 0 Å². The van der Waals surface area contributed by atoms with Crippen LogP contribution in [0, 0.1) is 17.2 Å². The third kappa shape index (κ3) is 2.31. The zero-order chi connectivity index (χ0) is 19.5. The number of aromatic nitrogens is 2. The monoisotopic (exact) mass is 370 g/mol. The molecule has 1 amide bonds. The predicted octanol–water partition coefficient (Wildman–Crippen LogP) is 3.80. The molecule has 5 rings (SSSR count). The van der Waals surface area contributed by atoms with E-state index in [0.29, 0.717) is 11.5 Å². The number of carbonyl (C=O) groups excluding carboxylic acids is 1. The molecule has 2 aromatic carbocycles. The highest BCUT2D eigenvalue weighted by atomic mass is 16.2. The van der Waals surface area contributed by atoms with E-state index in [9.17, 15) is 10.1 Å². The largest absolute Gasteiger partial charge is 0.345 e. The molecule has 3 atom stereocenters. The number of nitriles is 1. The number of amides is 1. The van der Waals surface area contributed by atoms with Gasteiger partial charge in [-0.15, -0.1) is 0 Å². The fourth-order valence-electron chi connectivity index (χ4n) is 5.18. The summed E-state index contributed by atoms with van der Waals surface area (Å²) in [5.41, 5.74) is 5.74. The van der Waals surface area contributed by atoms with Crippen LogP contribution in [-0.4, -0.2) is 33.4 Å². The van der Waals surface area contributed by atoms with Gasteiger partial charge in [0, 0.05) is 18.2 Å². The van der Waals surface area contributed by atoms with Crippen LogP contribution < -0.4 is 0 Å². The quantitative estimate of drug-likeness (QED) is 0.708. The summed E-state index contributed by atoms with van der Waals surface area (Å²) in [6, 6.07) is 14.2. The van der Waals surface area contributed by atoms with Crippen LogP contribution in [0.2, 0.25) is 0 Å². The number of nitrogens with zero attached hydrogens (tertiary/aromatic N) is 3. The Labute approximate surface area is 164 Å². The average molecular weight is 370 g/mol. The normalized spacial score (nSPS) is 26.0. The molecule has 0 spiro atoms. The summed E-state index contributed by atoms with van der Waals surface area (Å²) in [5, 5.41) is 9.30. The van der Waals surface area contributed by atoms with Crippen LogP contribution in [0.15, 0.2) is 42.7 Å². The lowest BCUT2D eigenvalue weighted by Crippen LogP contribution is -2.59. The van der Waals surface area contributed by atoms with Gasteiger partial charge in [-0.25, -0.2) is 4.98 Å². The van der Waals surface area contributed by atoms with Gasteiger partial charge in [-0.2, -0.15) is 5.26 Å². The van der Waals surface area contributed by atoms with Crippen molar-refractivity contribution in [1.82, 2.24) is 14.9 Å². The molecule has 1 N–H and O–H groups in total. The average Bonchev–Trinajstić information content (AvgIpc) is 3.18. The number of rotatable bonds is 1. The lowest BCUT2D eigenvalue weighted by molar-refractivity contribution is 0.0250. The summed E-state index contributed by atoms with van der Waals surface area (Å²) < 4.78 is 0. The minimum Gasteiger partial charge on any atom is -0.345 e. The molecule has 0 radical (unpaired) electrons. The summed E-state index contributed by atoms with van der Waals surface area (Å²) in [6.45, 7) is 5.29. The van der Waals surface area contributed by atoms with Crippen LogP contribution in [0.5, 0.6) is 0 Å². The van der Waals surface area contributed by atoms with Gasteiger partial charge in [-0.1, -0.05) is 19.9 Å². The van der Waals surface area contributed by atoms with Gasteiger partial charge in [0.1, 0.15) is 0 Å². The van der Waals surface area contributed by atoms with Crippen molar-refractivity contribution >= 4 is 16.9 Å². The van der Waals surface area contributed by atoms with E-state index in [1.54, 1.807) is 6.33 Å². The highest BCUT2D eigenvalue weighted by Gasteiger charge is 2.49. The van der Waals surface area contributed by atoms with E-state index in [1.807, 2.05) is 24.3 Å². The highest BCUT2D eigenvalue weighted by molar-refractivity contribution is 5.97. The summed E-state index contributed by atoms with van der Waals surface area (Å²) in [7, 11) is 0. The van der Waals surface area contributed by atoms with Gasteiger partial charge >= 0.3 is 0 Å². The predicted molar refractivity (Wildman–Crippen MR) is 107 cm³/mol. The Morgan fingerprint density at radius 2 is 2.18 bits per heavy atom. The Morgan fingerprint density at radius 1 is 1.32 bits per heavy atom. The van der Waals surface area contributed by atoms with E-state index >= 15 is 0 Å². The molecule has 1 aliphatic heterocycles. The van der Waals surface area contributed by atoms with Gasteiger partial charge in [0.05, 0.1) is 29.0 Å². The van der Waals surface area contributed by atoms with Crippen molar-refractivity contribution in [2.45, 2.75) is 38.1 Å². The number of piperidine rings is 1. The molecular formula is C23H22N4O. The molecule has 2 heterocycles. The molecule has 5 heteroatoms. The van der Waals surface area contributed by atoms with E-state index in [4.69, 9.17) is 0 Å². The van der Waals surface area contributed by atoms with Crippen LogP contribution in [0.25, 0.3) is 11.0 Å². The van der Waals surface area contributed by atoms with Gasteiger partial charge in [0.25, 0.3) is 5.91 Å². The summed E-state index contributed by atoms with van der Waals surface area (Å²) in [6.07, 6.45) is 3.40. The number of carbonyl (C=O) groups is 1. The Hall–Kier alpha value is -3.13. The van der Waals surface area contributed by atoms with Gasteiger partial charge in [-0.3, -0.25) is 4.79 Å². The van der Waals surface area contributed by atoms with Crippen molar-refractivity contribution in [2.75, 3.05) is 6.54 Å². The highest BCUT2D eigenvalue weighted by Crippen LogP contribution is 2.49. The lowest BCUT2D eigenvalue weighted by Gasteiger charge is -2.54. The molecular weight excluding hydrogens is 348 g/mol. The fourth-order valence-corrected chi connectivity index (χ4v) is 5.18. The first-order valence-corrected chi connectivity index (χ1v) is 9.79. The maximum absolute atomic E-state index is 13.4. The Kier molecular flexibility index (Phi) is 3.60. The Balaban J connectivity index is 1.52. The van der Waals surface area contributed by atoms with Crippen molar-refractivity contribution < 1.29 is 4.79 Å². The zero-order valence-corrected chi connectivity index (χ0v) is 16.1. The molecule has 1 aliphatic carbocycles. The number of H-pyrrole nitrogens is 1. The topological polar surface area (TPSA) is 72.8 Å². The molecule has 1 fully saturated rings. The molecule has 1 aromatic heterocycles. The first-order chi connectivity index (χ1) is 13.5. The number of aromatic amines is 1. The first kappa shape index (κ1) is 17.0. The van der Waals surface area contributed by atoms with Crippen molar-refractivity contribution in [2.24, 2.45) is 5.92 Å². The van der Waals surface area contributed by atoms with Crippen LogP contribution in [0.4, 0.5) is 0 Å². The SMILES string of the molecule is C[C@@H]1C2Cc3ccc(C#N)cc3[C@]1(C)CCN2C(=O)c1ccc2nc[nH]c2c1. The van der Waals surface area contributed by atoms with Gasteiger partial charge in [0.15, 0.2) is 0 Å². The zero-order valence-electron chi connectivity index (χ0n) is 16.1. The molecule has 0 saturated carbocycles. The maximum Gasteiger partial charge on any atom is 0.254 e. The fraction of sp³-hybridized carbons (Fsp3) is 0.348. The van der Waals surface area contributed by atoms with E-state index in [1.165, 1.54) is 11.1 Å². The standard InChI is InChI=1S/C23H22N4O/c1-14-21-11-16-4-3-15(12-24)9-18(16)23(14,2)7-8-27(21)22(28)17-5-6-19-20(10-17)26-13-25-19/h3-6,9-10,13-14,21H,7-8,11H2,1-2H3,(H,25,26)/t14-,21?,23-/m1/s1. The molecule has 5 nitrogen and oxygen atoms in total. The Morgan fingerprint density at radius 3 is 3.00 bits per heavy atom. The number of hydrogen-bond donors (Lipinski definition) is 1. The molecule has 2 aliphatic rings. The van der Waals surface area contributed by atoms with Crippen molar-refractivity contribution in [3.8, 4) is 6.07 Å². The number of nitrogens with one attached hydrogen (secondary N) is 1. The molecule has 1 unspecified atom stereocenters. The number of benzene rings is 2. The summed E-state index contributed by atoms with van der Waals surface area (Å²) in [5.74, 6) is 0.426. The third-order valence-corrected chi connectivity index (χ3v) is 7.07. The third-order valence-electron chi connectivity index (χ3n) is 7.07. The van der Waals surface area contributed by atoms with Crippen LogP contribution >= 0.6 is 0 Å². The van der Waals surface area contributed by atoms with Gasteiger partial charge in [-0.05, 0) is 65.6 Å². The minimum absolute atomic E-state index is 0.00474. The van der Waals surface area contributed by atoms with Crippen molar-refractivity contribution in [3.05, 3.63) is 65.0 Å². The number of fused-ring (bicyclic) bond motifs is 5. The molecule has 28 heavy (non-hydrogen) atoms. The second kappa shape index (κ2) is 5.93. The van der Waals surface area contributed by atoms with E-state index in [2.05, 4.69) is 46.9 Å². The molecule has 3 aromatic rings. The van der Waals surface area contributed by atoms with E-state index in [-0.39, 0.29) is 17.4 Å². The lowest BCUT2D eigenvalue weighted by atomic mass is 9.59. The van der Waals surface area contributed by atoms with Crippen LogP contribution in [-0.2, 0) is 11.8 Å². The molecule has 2 bridgehead atoms. The smallest absolute Gasteiger partial charge is 0.254 e. The Bertz CT molecular complexity index is 1140. The van der Waals surface area contributed by atoms with Gasteiger partial charge < -0.3 is 9.88 Å². The number of imidazole rings is 1. The number of hydrogen-bond acceptors (Lipinski definition) is 3. The van der Waals surface area contributed by atoms with E-state index in [0.717, 1.165) is 36.0 Å². The number of likely N-dealkylation sites (tertiary alicyclic amines) is 1.